The summed E-state index contributed by atoms with van der Waals surface area (Å²) in [4.78, 5) is 16.2. The normalized spacial score (nSPS) is 29.4. The SMILES string of the molecule is C[C@H](N)C(=O)N1CCC(N2CCCCC2)C1. The molecule has 2 atom stereocenters. The first kappa shape index (κ1) is 11.9. The Kier molecular flexibility index (Phi) is 3.82. The second-order valence-corrected chi connectivity index (χ2v) is 5.11. The number of carbonyl (C=O) groups excluding carboxylic acids is 1. The van der Waals surface area contributed by atoms with Gasteiger partial charge < -0.3 is 10.6 Å². The molecular weight excluding hydrogens is 202 g/mol. The molecule has 2 heterocycles. The summed E-state index contributed by atoms with van der Waals surface area (Å²) in [5.74, 6) is 0.111. The maximum Gasteiger partial charge on any atom is 0.239 e. The van der Waals surface area contributed by atoms with Crippen LogP contribution in [-0.2, 0) is 4.79 Å². The van der Waals surface area contributed by atoms with Gasteiger partial charge in [-0.05, 0) is 39.3 Å². The molecule has 0 radical (unpaired) electrons. The number of carbonyl (C=O) groups is 1. The van der Waals surface area contributed by atoms with Crippen molar-refractivity contribution in [1.29, 1.82) is 0 Å². The summed E-state index contributed by atoms with van der Waals surface area (Å²) in [6.45, 7) is 5.98. The maximum atomic E-state index is 11.8. The average molecular weight is 225 g/mol. The van der Waals surface area contributed by atoms with Gasteiger partial charge in [0.1, 0.15) is 0 Å². The molecule has 2 aliphatic heterocycles. The van der Waals surface area contributed by atoms with E-state index in [9.17, 15) is 4.79 Å². The molecule has 0 aromatic heterocycles. The molecule has 16 heavy (non-hydrogen) atoms. The number of hydrogen-bond donors (Lipinski definition) is 1. The topological polar surface area (TPSA) is 49.6 Å². The zero-order chi connectivity index (χ0) is 11.5. The second kappa shape index (κ2) is 5.15. The molecule has 1 amide bonds. The van der Waals surface area contributed by atoms with Crippen molar-refractivity contribution in [1.82, 2.24) is 9.80 Å². The molecule has 0 spiro atoms. The highest BCUT2D eigenvalue weighted by Crippen LogP contribution is 2.20. The number of nitrogens with two attached hydrogens (primary N) is 1. The fourth-order valence-corrected chi connectivity index (χ4v) is 2.81. The number of likely N-dealkylation sites (tertiary alicyclic amines) is 2. The van der Waals surface area contributed by atoms with Gasteiger partial charge >= 0.3 is 0 Å². The Balaban J connectivity index is 1.85. The summed E-state index contributed by atoms with van der Waals surface area (Å²) >= 11 is 0. The van der Waals surface area contributed by atoms with E-state index in [-0.39, 0.29) is 11.9 Å². The Labute approximate surface area is 97.8 Å². The molecule has 0 aliphatic carbocycles. The Morgan fingerprint density at radius 1 is 1.25 bits per heavy atom. The van der Waals surface area contributed by atoms with Crippen molar-refractivity contribution in [3.05, 3.63) is 0 Å². The molecular formula is C12H23N3O. The lowest BCUT2D eigenvalue weighted by Gasteiger charge is -2.32. The summed E-state index contributed by atoms with van der Waals surface area (Å²) in [5, 5.41) is 0. The van der Waals surface area contributed by atoms with E-state index in [4.69, 9.17) is 5.73 Å². The van der Waals surface area contributed by atoms with Crippen molar-refractivity contribution in [2.45, 2.75) is 44.7 Å². The lowest BCUT2D eigenvalue weighted by atomic mass is 10.1. The first-order chi connectivity index (χ1) is 7.68. The minimum absolute atomic E-state index is 0.111. The molecule has 2 rings (SSSR count). The first-order valence-corrected chi connectivity index (χ1v) is 6.47. The van der Waals surface area contributed by atoms with Crippen LogP contribution in [0.3, 0.4) is 0 Å². The summed E-state index contributed by atoms with van der Waals surface area (Å²) < 4.78 is 0. The van der Waals surface area contributed by atoms with Crippen LogP contribution >= 0.6 is 0 Å². The first-order valence-electron chi connectivity index (χ1n) is 6.47. The van der Waals surface area contributed by atoms with Crippen LogP contribution < -0.4 is 5.73 Å². The smallest absolute Gasteiger partial charge is 0.239 e. The van der Waals surface area contributed by atoms with Crippen molar-refractivity contribution in [3.8, 4) is 0 Å². The van der Waals surface area contributed by atoms with E-state index < -0.39 is 0 Å². The zero-order valence-corrected chi connectivity index (χ0v) is 10.2. The van der Waals surface area contributed by atoms with Gasteiger partial charge in [-0.15, -0.1) is 0 Å². The Bertz CT molecular complexity index is 249. The lowest BCUT2D eigenvalue weighted by Crippen LogP contribution is -2.44. The van der Waals surface area contributed by atoms with Crippen LogP contribution in [0.2, 0.25) is 0 Å². The number of hydrogen-bond acceptors (Lipinski definition) is 3. The Morgan fingerprint density at radius 3 is 2.56 bits per heavy atom. The predicted molar refractivity (Wildman–Crippen MR) is 64.1 cm³/mol. The second-order valence-electron chi connectivity index (χ2n) is 5.11. The third-order valence-corrected chi connectivity index (χ3v) is 3.77. The number of piperidine rings is 1. The highest BCUT2D eigenvalue weighted by Gasteiger charge is 2.31. The highest BCUT2D eigenvalue weighted by atomic mass is 16.2. The minimum atomic E-state index is -0.347. The third kappa shape index (κ3) is 2.55. The van der Waals surface area contributed by atoms with Gasteiger partial charge in [0, 0.05) is 19.1 Å². The summed E-state index contributed by atoms with van der Waals surface area (Å²) in [6.07, 6.45) is 5.12. The van der Waals surface area contributed by atoms with Crippen LogP contribution in [0.25, 0.3) is 0 Å². The van der Waals surface area contributed by atoms with Gasteiger partial charge in [-0.3, -0.25) is 9.69 Å². The number of nitrogens with zero attached hydrogens (tertiary/aromatic N) is 2. The molecule has 0 aromatic carbocycles. The minimum Gasteiger partial charge on any atom is -0.340 e. The fourth-order valence-electron chi connectivity index (χ4n) is 2.81. The largest absolute Gasteiger partial charge is 0.340 e. The lowest BCUT2D eigenvalue weighted by molar-refractivity contribution is -0.131. The molecule has 0 aromatic rings. The quantitative estimate of drug-likeness (QED) is 0.741. The maximum absolute atomic E-state index is 11.8. The molecule has 4 nitrogen and oxygen atoms in total. The monoisotopic (exact) mass is 225 g/mol. The van der Waals surface area contributed by atoms with Crippen molar-refractivity contribution < 1.29 is 4.79 Å². The van der Waals surface area contributed by atoms with E-state index in [1.54, 1.807) is 6.92 Å². The number of rotatable bonds is 2. The van der Waals surface area contributed by atoms with E-state index in [2.05, 4.69) is 4.90 Å². The summed E-state index contributed by atoms with van der Waals surface area (Å²) in [5.41, 5.74) is 5.63. The van der Waals surface area contributed by atoms with E-state index in [1.165, 1.54) is 32.4 Å². The molecule has 4 heteroatoms. The van der Waals surface area contributed by atoms with Gasteiger partial charge in [-0.25, -0.2) is 0 Å². The average Bonchev–Trinajstić information content (AvgIpc) is 2.78. The van der Waals surface area contributed by atoms with Crippen molar-refractivity contribution in [2.24, 2.45) is 5.73 Å². The van der Waals surface area contributed by atoms with Crippen molar-refractivity contribution in [2.75, 3.05) is 26.2 Å². The van der Waals surface area contributed by atoms with Crippen LogP contribution in [0, 0.1) is 0 Å². The highest BCUT2D eigenvalue weighted by molar-refractivity contribution is 5.81. The summed E-state index contributed by atoms with van der Waals surface area (Å²) in [6, 6.07) is 0.239. The van der Waals surface area contributed by atoms with Crippen LogP contribution in [0.5, 0.6) is 0 Å². The summed E-state index contributed by atoms with van der Waals surface area (Å²) in [7, 11) is 0. The van der Waals surface area contributed by atoms with Crippen LogP contribution in [-0.4, -0.2) is 54.0 Å². The van der Waals surface area contributed by atoms with Gasteiger partial charge in [-0.2, -0.15) is 0 Å². The molecule has 2 fully saturated rings. The van der Waals surface area contributed by atoms with E-state index in [0.29, 0.717) is 6.04 Å². The molecule has 1 unspecified atom stereocenters. The van der Waals surface area contributed by atoms with Gasteiger partial charge in [0.25, 0.3) is 0 Å². The van der Waals surface area contributed by atoms with E-state index in [0.717, 1.165) is 19.5 Å². The molecule has 0 saturated carbocycles. The Hall–Kier alpha value is -0.610. The third-order valence-electron chi connectivity index (χ3n) is 3.77. The van der Waals surface area contributed by atoms with Crippen molar-refractivity contribution >= 4 is 5.91 Å². The molecule has 2 saturated heterocycles. The van der Waals surface area contributed by atoms with Gasteiger partial charge in [-0.1, -0.05) is 6.42 Å². The zero-order valence-electron chi connectivity index (χ0n) is 10.2. The van der Waals surface area contributed by atoms with Gasteiger partial charge in [0.2, 0.25) is 5.91 Å². The van der Waals surface area contributed by atoms with Crippen LogP contribution in [0.4, 0.5) is 0 Å². The molecule has 2 aliphatic rings. The predicted octanol–water partition coefficient (Wildman–Crippen LogP) is 0.420. The van der Waals surface area contributed by atoms with E-state index in [1.807, 2.05) is 4.90 Å². The number of amides is 1. The molecule has 2 N–H and O–H groups in total. The molecule has 92 valence electrons. The van der Waals surface area contributed by atoms with Crippen LogP contribution in [0.1, 0.15) is 32.6 Å². The van der Waals surface area contributed by atoms with Crippen molar-refractivity contribution in [3.63, 3.8) is 0 Å². The fraction of sp³-hybridized carbons (Fsp3) is 0.917. The van der Waals surface area contributed by atoms with Crippen LogP contribution in [0.15, 0.2) is 0 Å². The Morgan fingerprint density at radius 2 is 1.94 bits per heavy atom. The van der Waals surface area contributed by atoms with E-state index >= 15 is 0 Å². The van der Waals surface area contributed by atoms with Gasteiger partial charge in [0.05, 0.1) is 6.04 Å². The van der Waals surface area contributed by atoms with Gasteiger partial charge in [0.15, 0.2) is 0 Å². The standard InChI is InChI=1S/C12H23N3O/c1-10(13)12(16)15-8-5-11(9-15)14-6-3-2-4-7-14/h10-11H,2-9,13H2,1H3/t10-,11?/m0/s1. The molecule has 0 bridgehead atoms.